The van der Waals surface area contributed by atoms with Gasteiger partial charge in [-0.2, -0.15) is 0 Å². The van der Waals surface area contributed by atoms with Crippen LogP contribution >= 0.6 is 0 Å². The zero-order valence-corrected chi connectivity index (χ0v) is 7.64. The van der Waals surface area contributed by atoms with E-state index in [1.54, 1.807) is 6.92 Å². The Hall–Kier alpha value is -1.27. The van der Waals surface area contributed by atoms with Crippen LogP contribution in [-0.4, -0.2) is 46.7 Å². The van der Waals surface area contributed by atoms with E-state index < -0.39 is 30.5 Å². The highest BCUT2D eigenvalue weighted by Crippen LogP contribution is 2.23. The van der Waals surface area contributed by atoms with Crippen molar-refractivity contribution in [2.75, 3.05) is 13.2 Å². The zero-order chi connectivity index (χ0) is 10.7. The maximum Gasteiger partial charge on any atom is 0.378 e. The van der Waals surface area contributed by atoms with E-state index in [9.17, 15) is 9.90 Å². The number of cyclic esters (lactones) is 1. The predicted molar refractivity (Wildman–Crippen MR) is 44.3 cm³/mol. The lowest BCUT2D eigenvalue weighted by Crippen LogP contribution is -2.31. The van der Waals surface area contributed by atoms with Gasteiger partial charge in [0, 0.05) is 0 Å². The summed E-state index contributed by atoms with van der Waals surface area (Å²) in [5.74, 6) is -1.61. The van der Waals surface area contributed by atoms with Crippen molar-refractivity contribution >= 4 is 5.97 Å². The summed E-state index contributed by atoms with van der Waals surface area (Å²) in [6.07, 6.45) is -2.56. The molecule has 0 bridgehead atoms. The Kier molecular flexibility index (Phi) is 3.32. The summed E-state index contributed by atoms with van der Waals surface area (Å²) in [7, 11) is 0. The molecule has 0 aromatic rings. The molecule has 2 atom stereocenters. The number of rotatable bonds is 4. The Bertz CT molecular complexity index is 259. The SMILES string of the molecule is CCOC1=C(O)[C@@H]([C@@H](O)CO)OC1=O. The maximum atomic E-state index is 11.0. The van der Waals surface area contributed by atoms with Crippen molar-refractivity contribution in [3.63, 3.8) is 0 Å². The van der Waals surface area contributed by atoms with Crippen molar-refractivity contribution in [3.8, 4) is 0 Å². The minimum Gasteiger partial charge on any atom is -0.505 e. The van der Waals surface area contributed by atoms with Crippen LogP contribution in [0.25, 0.3) is 0 Å². The van der Waals surface area contributed by atoms with Crippen molar-refractivity contribution in [3.05, 3.63) is 11.5 Å². The molecule has 14 heavy (non-hydrogen) atoms. The highest BCUT2D eigenvalue weighted by molar-refractivity contribution is 5.89. The van der Waals surface area contributed by atoms with Gasteiger partial charge in [-0.05, 0) is 6.92 Å². The van der Waals surface area contributed by atoms with Gasteiger partial charge in [0.25, 0.3) is 0 Å². The fourth-order valence-electron chi connectivity index (χ4n) is 1.09. The van der Waals surface area contributed by atoms with E-state index in [0.717, 1.165) is 0 Å². The van der Waals surface area contributed by atoms with Crippen LogP contribution in [0.5, 0.6) is 0 Å². The zero-order valence-electron chi connectivity index (χ0n) is 7.64. The van der Waals surface area contributed by atoms with Crippen LogP contribution in [0.15, 0.2) is 11.5 Å². The summed E-state index contributed by atoms with van der Waals surface area (Å²) < 4.78 is 9.41. The Morgan fingerprint density at radius 3 is 2.79 bits per heavy atom. The molecule has 1 heterocycles. The molecule has 6 heteroatoms. The van der Waals surface area contributed by atoms with Crippen molar-refractivity contribution in [2.24, 2.45) is 0 Å². The number of hydrogen-bond acceptors (Lipinski definition) is 6. The van der Waals surface area contributed by atoms with Crippen LogP contribution in [0.2, 0.25) is 0 Å². The van der Waals surface area contributed by atoms with Gasteiger partial charge in [0.2, 0.25) is 5.76 Å². The molecule has 0 aliphatic carbocycles. The fourth-order valence-corrected chi connectivity index (χ4v) is 1.09. The number of carbonyl (C=O) groups excluding carboxylic acids is 1. The molecule has 0 fully saturated rings. The van der Waals surface area contributed by atoms with E-state index in [1.807, 2.05) is 0 Å². The Morgan fingerprint density at radius 1 is 1.64 bits per heavy atom. The topological polar surface area (TPSA) is 96.2 Å². The van der Waals surface area contributed by atoms with E-state index in [2.05, 4.69) is 4.74 Å². The minimum atomic E-state index is -1.34. The number of aliphatic hydroxyl groups is 3. The molecule has 0 radical (unpaired) electrons. The molecule has 0 aromatic carbocycles. The van der Waals surface area contributed by atoms with Crippen LogP contribution in [-0.2, 0) is 14.3 Å². The minimum absolute atomic E-state index is 0.205. The first-order chi connectivity index (χ1) is 6.61. The van der Waals surface area contributed by atoms with E-state index in [0.29, 0.717) is 0 Å². The van der Waals surface area contributed by atoms with Gasteiger partial charge in [-0.3, -0.25) is 0 Å². The van der Waals surface area contributed by atoms with Gasteiger partial charge in [0.1, 0.15) is 6.10 Å². The lowest BCUT2D eigenvalue weighted by molar-refractivity contribution is -0.148. The fraction of sp³-hybridized carbons (Fsp3) is 0.625. The summed E-state index contributed by atoms with van der Waals surface area (Å²) in [4.78, 5) is 11.0. The summed E-state index contributed by atoms with van der Waals surface area (Å²) >= 11 is 0. The first-order valence-corrected chi connectivity index (χ1v) is 4.17. The van der Waals surface area contributed by atoms with Gasteiger partial charge in [-0.15, -0.1) is 0 Å². The molecule has 0 spiro atoms. The number of hydrogen-bond donors (Lipinski definition) is 3. The number of esters is 1. The average Bonchev–Trinajstić information content (AvgIpc) is 2.45. The van der Waals surface area contributed by atoms with E-state index in [-0.39, 0.29) is 12.4 Å². The molecule has 0 unspecified atom stereocenters. The molecule has 1 aliphatic rings. The second-order valence-electron chi connectivity index (χ2n) is 2.72. The predicted octanol–water partition coefficient (Wildman–Crippen LogP) is -0.929. The van der Waals surface area contributed by atoms with Gasteiger partial charge in [0.15, 0.2) is 11.9 Å². The van der Waals surface area contributed by atoms with Crippen molar-refractivity contribution < 1.29 is 29.6 Å². The van der Waals surface area contributed by atoms with Crippen LogP contribution in [0, 0.1) is 0 Å². The van der Waals surface area contributed by atoms with Crippen LogP contribution in [0.4, 0.5) is 0 Å². The lowest BCUT2D eigenvalue weighted by Gasteiger charge is -2.13. The summed E-state index contributed by atoms with van der Waals surface area (Å²) in [6.45, 7) is 1.24. The highest BCUT2D eigenvalue weighted by atomic mass is 16.6. The smallest absolute Gasteiger partial charge is 0.378 e. The quantitative estimate of drug-likeness (QED) is 0.512. The summed E-state index contributed by atoms with van der Waals surface area (Å²) in [6, 6.07) is 0. The van der Waals surface area contributed by atoms with Crippen molar-refractivity contribution in [1.29, 1.82) is 0 Å². The summed E-state index contributed by atoms with van der Waals surface area (Å²) in [5.41, 5.74) is 0. The Labute approximate surface area is 80.4 Å². The van der Waals surface area contributed by atoms with Gasteiger partial charge >= 0.3 is 5.97 Å². The number of carbonyl (C=O) groups is 1. The molecule has 1 rings (SSSR count). The van der Waals surface area contributed by atoms with Gasteiger partial charge < -0.3 is 24.8 Å². The lowest BCUT2D eigenvalue weighted by atomic mass is 10.2. The third-order valence-corrected chi connectivity index (χ3v) is 1.75. The highest BCUT2D eigenvalue weighted by Gasteiger charge is 2.40. The molecular weight excluding hydrogens is 192 g/mol. The number of ether oxygens (including phenoxy) is 2. The van der Waals surface area contributed by atoms with Gasteiger partial charge in [-0.1, -0.05) is 0 Å². The first-order valence-electron chi connectivity index (χ1n) is 4.17. The van der Waals surface area contributed by atoms with Crippen LogP contribution < -0.4 is 0 Å². The second-order valence-corrected chi connectivity index (χ2v) is 2.72. The third kappa shape index (κ3) is 1.80. The third-order valence-electron chi connectivity index (χ3n) is 1.75. The Balaban J connectivity index is 2.81. The monoisotopic (exact) mass is 204 g/mol. The molecule has 0 saturated heterocycles. The van der Waals surface area contributed by atoms with Crippen molar-refractivity contribution in [2.45, 2.75) is 19.1 Å². The average molecular weight is 204 g/mol. The van der Waals surface area contributed by atoms with E-state index >= 15 is 0 Å². The van der Waals surface area contributed by atoms with E-state index in [4.69, 9.17) is 14.9 Å². The van der Waals surface area contributed by atoms with Crippen molar-refractivity contribution in [1.82, 2.24) is 0 Å². The van der Waals surface area contributed by atoms with E-state index in [1.165, 1.54) is 0 Å². The standard InChI is InChI=1S/C8H12O6/c1-2-13-7-5(11)6(4(10)3-9)14-8(7)12/h4,6,9-11H,2-3H2,1H3/t4-,6+/m0/s1. The molecule has 0 saturated carbocycles. The van der Waals surface area contributed by atoms with Gasteiger partial charge in [-0.25, -0.2) is 4.79 Å². The molecule has 6 nitrogen and oxygen atoms in total. The van der Waals surface area contributed by atoms with Gasteiger partial charge in [0.05, 0.1) is 13.2 Å². The molecule has 80 valence electrons. The second kappa shape index (κ2) is 4.30. The first kappa shape index (κ1) is 10.8. The van der Waals surface area contributed by atoms with Crippen LogP contribution in [0.1, 0.15) is 6.92 Å². The molecular formula is C8H12O6. The molecule has 0 aromatic heterocycles. The normalized spacial score (nSPS) is 23.6. The molecule has 1 aliphatic heterocycles. The molecule has 3 N–H and O–H groups in total. The van der Waals surface area contributed by atoms with Crippen LogP contribution in [0.3, 0.4) is 0 Å². The largest absolute Gasteiger partial charge is 0.505 e. The summed E-state index contributed by atoms with van der Waals surface area (Å²) in [5, 5.41) is 27.1. The molecule has 0 amide bonds. The number of aliphatic hydroxyl groups excluding tert-OH is 3. The maximum absolute atomic E-state index is 11.0. The Morgan fingerprint density at radius 2 is 2.29 bits per heavy atom.